The summed E-state index contributed by atoms with van der Waals surface area (Å²) in [5.41, 5.74) is 2.78. The first kappa shape index (κ1) is 16.8. The lowest BCUT2D eigenvalue weighted by Gasteiger charge is -2.25. The molecule has 1 aliphatic rings. The van der Waals surface area contributed by atoms with Crippen molar-refractivity contribution in [3.05, 3.63) is 75.6 Å². The molecule has 1 saturated carbocycles. The molecule has 1 aliphatic carbocycles. The van der Waals surface area contributed by atoms with Crippen LogP contribution in [0.15, 0.2) is 54.4 Å². The summed E-state index contributed by atoms with van der Waals surface area (Å²) in [4.78, 5) is 26.6. The van der Waals surface area contributed by atoms with E-state index in [2.05, 4.69) is 10.3 Å². The first-order valence-electron chi connectivity index (χ1n) is 8.26. The van der Waals surface area contributed by atoms with Crippen LogP contribution in [0.5, 0.6) is 0 Å². The van der Waals surface area contributed by atoms with Crippen molar-refractivity contribution in [3.63, 3.8) is 0 Å². The van der Waals surface area contributed by atoms with Crippen LogP contribution in [-0.2, 0) is 0 Å². The molecule has 0 bridgehead atoms. The third-order valence-corrected chi connectivity index (χ3v) is 4.34. The van der Waals surface area contributed by atoms with Crippen LogP contribution in [0, 0.1) is 10.1 Å². The normalized spacial score (nSPS) is 17.0. The monoisotopic (exact) mass is 337 g/mol. The molecular weight excluding hydrogens is 318 g/mol. The largest absolute Gasteiger partial charge is 0.349 e. The quantitative estimate of drug-likeness (QED) is 0.680. The molecule has 1 amide bonds. The van der Waals surface area contributed by atoms with E-state index in [1.54, 1.807) is 36.7 Å². The van der Waals surface area contributed by atoms with Crippen molar-refractivity contribution in [1.29, 1.82) is 0 Å². The highest BCUT2D eigenvalue weighted by molar-refractivity contribution is 5.94. The minimum atomic E-state index is -0.382. The number of nitro benzene ring substituents is 1. The van der Waals surface area contributed by atoms with Gasteiger partial charge in [0.25, 0.3) is 11.6 Å². The summed E-state index contributed by atoms with van der Waals surface area (Å²) in [5.74, 6) is -0.0933. The maximum absolute atomic E-state index is 12.2. The van der Waals surface area contributed by atoms with Gasteiger partial charge in [-0.05, 0) is 43.4 Å². The zero-order valence-corrected chi connectivity index (χ0v) is 13.7. The maximum atomic E-state index is 12.2. The molecule has 2 aromatic rings. The van der Waals surface area contributed by atoms with Crippen LogP contribution < -0.4 is 5.32 Å². The predicted molar refractivity (Wildman–Crippen MR) is 95.0 cm³/mol. The second-order valence-corrected chi connectivity index (χ2v) is 6.14. The van der Waals surface area contributed by atoms with Gasteiger partial charge in [0.1, 0.15) is 0 Å². The Morgan fingerprint density at radius 3 is 2.72 bits per heavy atom. The molecule has 1 aromatic heterocycles. The van der Waals surface area contributed by atoms with Crippen LogP contribution in [0.1, 0.15) is 41.6 Å². The number of nitrogens with zero attached hydrogens (tertiary/aromatic N) is 2. The first-order chi connectivity index (χ1) is 12.1. The van der Waals surface area contributed by atoms with E-state index in [1.165, 1.54) is 11.6 Å². The zero-order chi connectivity index (χ0) is 17.6. The van der Waals surface area contributed by atoms with Crippen LogP contribution in [0.3, 0.4) is 0 Å². The molecule has 3 rings (SSSR count). The van der Waals surface area contributed by atoms with Crippen LogP contribution in [-0.4, -0.2) is 21.9 Å². The lowest BCUT2D eigenvalue weighted by Crippen LogP contribution is -2.36. The van der Waals surface area contributed by atoms with Gasteiger partial charge in [0.2, 0.25) is 0 Å². The van der Waals surface area contributed by atoms with Gasteiger partial charge in [-0.1, -0.05) is 23.8 Å². The molecule has 0 unspecified atom stereocenters. The lowest BCUT2D eigenvalue weighted by molar-refractivity contribution is -0.384. The number of nitrogens with one attached hydrogen (secondary N) is 1. The van der Waals surface area contributed by atoms with Gasteiger partial charge in [-0.2, -0.15) is 0 Å². The van der Waals surface area contributed by atoms with E-state index < -0.39 is 0 Å². The Bertz CT molecular complexity index is 793. The number of pyridine rings is 1. The minimum Gasteiger partial charge on any atom is -0.349 e. The number of aromatic nitrogens is 1. The molecule has 1 fully saturated rings. The summed E-state index contributed by atoms with van der Waals surface area (Å²) in [7, 11) is 0. The van der Waals surface area contributed by atoms with Gasteiger partial charge in [-0.15, -0.1) is 0 Å². The minimum absolute atomic E-state index is 0.0933. The highest BCUT2D eigenvalue weighted by Crippen LogP contribution is 2.26. The summed E-state index contributed by atoms with van der Waals surface area (Å²) < 4.78 is 0. The van der Waals surface area contributed by atoms with E-state index >= 15 is 0 Å². The topological polar surface area (TPSA) is 85.1 Å². The van der Waals surface area contributed by atoms with Crippen LogP contribution in [0.25, 0.3) is 6.08 Å². The number of carbonyl (C=O) groups excluding carboxylic acids is 1. The number of nitro groups is 1. The van der Waals surface area contributed by atoms with Crippen molar-refractivity contribution in [2.75, 3.05) is 0 Å². The third-order valence-electron chi connectivity index (χ3n) is 4.34. The molecule has 6 heteroatoms. The van der Waals surface area contributed by atoms with E-state index in [1.807, 2.05) is 12.1 Å². The van der Waals surface area contributed by atoms with E-state index in [-0.39, 0.29) is 22.6 Å². The van der Waals surface area contributed by atoms with Gasteiger partial charge in [0.05, 0.1) is 10.5 Å². The second-order valence-electron chi connectivity index (χ2n) is 6.14. The Morgan fingerprint density at radius 2 is 2.04 bits per heavy atom. The van der Waals surface area contributed by atoms with Gasteiger partial charge in [0.15, 0.2) is 0 Å². The van der Waals surface area contributed by atoms with E-state index in [9.17, 15) is 14.9 Å². The Labute approximate surface area is 145 Å². The summed E-state index contributed by atoms with van der Waals surface area (Å²) >= 11 is 0. The highest BCUT2D eigenvalue weighted by atomic mass is 16.6. The van der Waals surface area contributed by atoms with Gasteiger partial charge in [-0.3, -0.25) is 19.9 Å². The lowest BCUT2D eigenvalue weighted by atomic mass is 9.89. The standard InChI is InChI=1S/C19H19N3O3/c23-19(16-4-2-10-20-13-16)21-17-8-6-14(7-9-17)11-15-3-1-5-18(12-15)22(24)25/h1-5,10-13,17H,6-9H2,(H,21,23). The Kier molecular flexibility index (Phi) is 5.18. The molecule has 1 aromatic carbocycles. The molecule has 0 aliphatic heterocycles. The molecule has 128 valence electrons. The molecule has 25 heavy (non-hydrogen) atoms. The molecule has 6 nitrogen and oxygen atoms in total. The van der Waals surface area contributed by atoms with Crippen molar-refractivity contribution in [1.82, 2.24) is 10.3 Å². The Morgan fingerprint density at radius 1 is 1.24 bits per heavy atom. The highest BCUT2D eigenvalue weighted by Gasteiger charge is 2.19. The van der Waals surface area contributed by atoms with Crippen molar-refractivity contribution in [2.45, 2.75) is 31.7 Å². The second kappa shape index (κ2) is 7.70. The number of hydrogen-bond donors (Lipinski definition) is 1. The fraction of sp³-hybridized carbons (Fsp3) is 0.263. The molecule has 0 spiro atoms. The molecule has 1 heterocycles. The number of non-ortho nitro benzene ring substituents is 1. The van der Waals surface area contributed by atoms with Crippen molar-refractivity contribution in [2.24, 2.45) is 0 Å². The summed E-state index contributed by atoms with van der Waals surface area (Å²) in [6.45, 7) is 0. The number of allylic oxidation sites excluding steroid dienone is 1. The van der Waals surface area contributed by atoms with E-state index in [0.29, 0.717) is 5.56 Å². The smallest absolute Gasteiger partial charge is 0.270 e. The molecule has 0 radical (unpaired) electrons. The average Bonchev–Trinajstić information content (AvgIpc) is 2.64. The zero-order valence-electron chi connectivity index (χ0n) is 13.7. The molecule has 0 saturated heterocycles. The number of amides is 1. The fourth-order valence-electron chi connectivity index (χ4n) is 3.01. The van der Waals surface area contributed by atoms with Gasteiger partial charge < -0.3 is 5.32 Å². The van der Waals surface area contributed by atoms with Gasteiger partial charge in [-0.25, -0.2) is 0 Å². The van der Waals surface area contributed by atoms with Crippen LogP contribution in [0.4, 0.5) is 5.69 Å². The number of carbonyl (C=O) groups is 1. The first-order valence-corrected chi connectivity index (χ1v) is 8.26. The van der Waals surface area contributed by atoms with Crippen molar-refractivity contribution in [3.8, 4) is 0 Å². The number of benzene rings is 1. The predicted octanol–water partition coefficient (Wildman–Crippen LogP) is 3.75. The van der Waals surface area contributed by atoms with Gasteiger partial charge in [0, 0.05) is 30.6 Å². The summed E-state index contributed by atoms with van der Waals surface area (Å²) in [6, 6.07) is 10.3. The van der Waals surface area contributed by atoms with Crippen molar-refractivity contribution < 1.29 is 9.72 Å². The average molecular weight is 337 g/mol. The van der Waals surface area contributed by atoms with Gasteiger partial charge >= 0.3 is 0 Å². The Balaban J connectivity index is 1.57. The summed E-state index contributed by atoms with van der Waals surface area (Å²) in [5, 5.41) is 13.9. The SMILES string of the molecule is O=C(NC1CCC(=Cc2cccc([N+](=O)[O-])c2)CC1)c1cccnc1. The van der Waals surface area contributed by atoms with E-state index in [0.717, 1.165) is 31.2 Å². The number of rotatable bonds is 4. The molecule has 0 atom stereocenters. The summed E-state index contributed by atoms with van der Waals surface area (Å²) in [6.07, 6.45) is 8.71. The Hall–Kier alpha value is -3.02. The van der Waals surface area contributed by atoms with Crippen LogP contribution >= 0.6 is 0 Å². The third kappa shape index (κ3) is 4.50. The van der Waals surface area contributed by atoms with Crippen molar-refractivity contribution >= 4 is 17.7 Å². The van der Waals surface area contributed by atoms with E-state index in [4.69, 9.17) is 0 Å². The fourth-order valence-corrected chi connectivity index (χ4v) is 3.01. The van der Waals surface area contributed by atoms with Crippen LogP contribution in [0.2, 0.25) is 0 Å². The molecule has 1 N–H and O–H groups in total. The molecular formula is C19H19N3O3. The number of hydrogen-bond acceptors (Lipinski definition) is 4. The maximum Gasteiger partial charge on any atom is 0.270 e.